The number of nitrogens with zero attached hydrogens (tertiary/aromatic N) is 1. The van der Waals surface area contributed by atoms with E-state index >= 15 is 0 Å². The number of benzene rings is 1. The third-order valence-electron chi connectivity index (χ3n) is 2.43. The van der Waals surface area contributed by atoms with Crippen LogP contribution in [0.1, 0.15) is 20.7 Å². The Kier molecular flexibility index (Phi) is 3.91. The number of anilines is 1. The molecule has 0 aliphatic carbocycles. The third-order valence-corrected chi connectivity index (χ3v) is 3.06. The monoisotopic (exact) mass is 319 g/mol. The summed E-state index contributed by atoms with van der Waals surface area (Å²) in [6.45, 7) is 0. The Hall–Kier alpha value is -2.21. The van der Waals surface area contributed by atoms with Gasteiger partial charge in [-0.15, -0.1) is 0 Å². The van der Waals surface area contributed by atoms with Crippen LogP contribution in [0.25, 0.3) is 0 Å². The fourth-order valence-corrected chi connectivity index (χ4v) is 1.83. The Morgan fingerprint density at radius 2 is 1.95 bits per heavy atom. The van der Waals surface area contributed by atoms with Crippen LogP contribution in [0.4, 0.5) is 5.69 Å². The first-order chi connectivity index (χ1) is 9.08. The van der Waals surface area contributed by atoms with E-state index in [2.05, 4.69) is 26.2 Å². The van der Waals surface area contributed by atoms with Gasteiger partial charge in [-0.3, -0.25) is 14.6 Å². The van der Waals surface area contributed by atoms with Gasteiger partial charge < -0.3 is 11.1 Å². The second kappa shape index (κ2) is 5.62. The Morgan fingerprint density at radius 3 is 2.63 bits per heavy atom. The smallest absolute Gasteiger partial charge is 0.255 e. The Bertz CT molecular complexity index is 643. The van der Waals surface area contributed by atoms with E-state index in [4.69, 9.17) is 5.73 Å². The van der Waals surface area contributed by atoms with Gasteiger partial charge in [0.2, 0.25) is 5.91 Å². The first-order valence-corrected chi connectivity index (χ1v) is 6.18. The number of carbonyl (C=O) groups excluding carboxylic acids is 2. The van der Waals surface area contributed by atoms with Crippen LogP contribution in [-0.2, 0) is 0 Å². The molecule has 0 radical (unpaired) electrons. The quantitative estimate of drug-likeness (QED) is 0.909. The summed E-state index contributed by atoms with van der Waals surface area (Å²) in [5.41, 5.74) is 6.43. The van der Waals surface area contributed by atoms with Crippen LogP contribution in [0.2, 0.25) is 0 Å². The summed E-state index contributed by atoms with van der Waals surface area (Å²) in [5.74, 6) is -0.894. The normalized spacial score (nSPS) is 9.95. The van der Waals surface area contributed by atoms with Crippen molar-refractivity contribution in [3.63, 3.8) is 0 Å². The molecule has 0 unspecified atom stereocenters. The summed E-state index contributed by atoms with van der Waals surface area (Å²) in [7, 11) is 0. The lowest BCUT2D eigenvalue weighted by Gasteiger charge is -2.07. The molecule has 6 heteroatoms. The van der Waals surface area contributed by atoms with Crippen LogP contribution in [0.3, 0.4) is 0 Å². The number of carbonyl (C=O) groups is 2. The molecule has 0 saturated carbocycles. The minimum atomic E-state index is -0.570. The number of rotatable bonds is 3. The van der Waals surface area contributed by atoms with E-state index in [0.717, 1.165) is 0 Å². The fraction of sp³-hybridized carbons (Fsp3) is 0. The molecule has 3 N–H and O–H groups in total. The Morgan fingerprint density at radius 1 is 1.21 bits per heavy atom. The van der Waals surface area contributed by atoms with E-state index in [1.165, 1.54) is 6.07 Å². The summed E-state index contributed by atoms with van der Waals surface area (Å²) >= 11 is 3.28. The summed E-state index contributed by atoms with van der Waals surface area (Å²) in [4.78, 5) is 27.0. The minimum absolute atomic E-state index is 0.293. The molecule has 0 bridgehead atoms. The molecule has 0 aliphatic rings. The maximum Gasteiger partial charge on any atom is 0.255 e. The van der Waals surface area contributed by atoms with E-state index < -0.39 is 5.91 Å². The number of hydrogen-bond donors (Lipinski definition) is 2. The number of halogens is 1. The van der Waals surface area contributed by atoms with Crippen molar-refractivity contribution >= 4 is 33.4 Å². The van der Waals surface area contributed by atoms with Crippen LogP contribution in [-0.4, -0.2) is 16.8 Å². The van der Waals surface area contributed by atoms with Gasteiger partial charge >= 0.3 is 0 Å². The van der Waals surface area contributed by atoms with Crippen molar-refractivity contribution in [2.45, 2.75) is 0 Å². The molecule has 1 heterocycles. The molecule has 96 valence electrons. The molecule has 2 aromatic rings. The van der Waals surface area contributed by atoms with Crippen molar-refractivity contribution in [1.29, 1.82) is 0 Å². The molecule has 0 aliphatic heterocycles. The topological polar surface area (TPSA) is 85.1 Å². The molecular formula is C13H10BrN3O2. The molecule has 0 atom stereocenters. The minimum Gasteiger partial charge on any atom is -0.366 e. The zero-order valence-corrected chi connectivity index (χ0v) is 11.3. The second-order valence-corrected chi connectivity index (χ2v) is 4.61. The molecule has 2 rings (SSSR count). The SMILES string of the molecule is NC(=O)c1cccc(C(=O)Nc2ccncc2Br)c1. The van der Waals surface area contributed by atoms with Crippen molar-refractivity contribution in [3.8, 4) is 0 Å². The predicted molar refractivity (Wildman–Crippen MR) is 74.9 cm³/mol. The lowest BCUT2D eigenvalue weighted by molar-refractivity contribution is 0.1000. The van der Waals surface area contributed by atoms with Crippen LogP contribution >= 0.6 is 15.9 Å². The van der Waals surface area contributed by atoms with Gasteiger partial charge in [0.25, 0.3) is 5.91 Å². The van der Waals surface area contributed by atoms with E-state index in [0.29, 0.717) is 21.3 Å². The number of nitrogens with two attached hydrogens (primary N) is 1. The lowest BCUT2D eigenvalue weighted by Crippen LogP contribution is -2.15. The molecule has 0 saturated heterocycles. The molecule has 1 aromatic heterocycles. The van der Waals surface area contributed by atoms with Crippen LogP contribution < -0.4 is 11.1 Å². The zero-order chi connectivity index (χ0) is 13.8. The number of pyridine rings is 1. The Balaban J connectivity index is 2.23. The molecule has 0 fully saturated rings. The molecular weight excluding hydrogens is 310 g/mol. The van der Waals surface area contributed by atoms with Crippen molar-refractivity contribution in [2.24, 2.45) is 5.73 Å². The highest BCUT2D eigenvalue weighted by Gasteiger charge is 2.10. The van der Waals surface area contributed by atoms with E-state index in [9.17, 15) is 9.59 Å². The van der Waals surface area contributed by atoms with Crippen LogP contribution in [0.5, 0.6) is 0 Å². The fourth-order valence-electron chi connectivity index (χ4n) is 1.48. The number of primary amides is 1. The van der Waals surface area contributed by atoms with Crippen molar-refractivity contribution in [2.75, 3.05) is 5.32 Å². The van der Waals surface area contributed by atoms with Gasteiger partial charge in [0.05, 0.1) is 10.2 Å². The first-order valence-electron chi connectivity index (χ1n) is 5.38. The number of amides is 2. The highest BCUT2D eigenvalue weighted by molar-refractivity contribution is 9.10. The summed E-state index contributed by atoms with van der Waals surface area (Å²) in [6, 6.07) is 7.89. The first kappa shape index (κ1) is 13.2. The number of hydrogen-bond acceptors (Lipinski definition) is 3. The van der Waals surface area contributed by atoms with Crippen LogP contribution in [0.15, 0.2) is 47.2 Å². The van der Waals surface area contributed by atoms with Crippen LogP contribution in [0, 0.1) is 0 Å². The van der Waals surface area contributed by atoms with E-state index in [-0.39, 0.29) is 5.91 Å². The van der Waals surface area contributed by atoms with Crippen molar-refractivity contribution in [3.05, 3.63) is 58.3 Å². The van der Waals surface area contributed by atoms with Gasteiger partial charge in [0.1, 0.15) is 0 Å². The van der Waals surface area contributed by atoms with Crippen molar-refractivity contribution < 1.29 is 9.59 Å². The molecule has 5 nitrogen and oxygen atoms in total. The maximum absolute atomic E-state index is 12.0. The van der Waals surface area contributed by atoms with Crippen molar-refractivity contribution in [1.82, 2.24) is 4.98 Å². The van der Waals surface area contributed by atoms with E-state index in [1.807, 2.05) is 0 Å². The lowest BCUT2D eigenvalue weighted by atomic mass is 10.1. The van der Waals surface area contributed by atoms with Gasteiger partial charge in [-0.1, -0.05) is 6.07 Å². The average molecular weight is 320 g/mol. The van der Waals surface area contributed by atoms with Gasteiger partial charge in [-0.2, -0.15) is 0 Å². The molecule has 1 aromatic carbocycles. The second-order valence-electron chi connectivity index (χ2n) is 3.75. The van der Waals surface area contributed by atoms with E-state index in [1.54, 1.807) is 36.7 Å². The summed E-state index contributed by atoms with van der Waals surface area (Å²) in [6.07, 6.45) is 3.15. The van der Waals surface area contributed by atoms with Gasteiger partial charge in [0, 0.05) is 23.5 Å². The molecule has 0 spiro atoms. The van der Waals surface area contributed by atoms with Gasteiger partial charge in [-0.05, 0) is 40.2 Å². The Labute approximate surface area is 118 Å². The standard InChI is InChI=1S/C13H10BrN3O2/c14-10-7-16-5-4-11(10)17-13(19)9-3-1-2-8(6-9)12(15)18/h1-7H,(H2,15,18)(H,16,17,19). The largest absolute Gasteiger partial charge is 0.366 e. The highest BCUT2D eigenvalue weighted by atomic mass is 79.9. The molecule has 2 amide bonds. The average Bonchev–Trinajstić information content (AvgIpc) is 2.41. The van der Waals surface area contributed by atoms with Gasteiger partial charge in [0.15, 0.2) is 0 Å². The summed E-state index contributed by atoms with van der Waals surface area (Å²) < 4.78 is 0.675. The number of aromatic nitrogens is 1. The summed E-state index contributed by atoms with van der Waals surface area (Å²) in [5, 5.41) is 2.71. The maximum atomic E-state index is 12.0. The number of nitrogens with one attached hydrogen (secondary N) is 1. The zero-order valence-electron chi connectivity index (χ0n) is 9.76. The predicted octanol–water partition coefficient (Wildman–Crippen LogP) is 2.20. The van der Waals surface area contributed by atoms with Gasteiger partial charge in [-0.25, -0.2) is 0 Å². The highest BCUT2D eigenvalue weighted by Crippen LogP contribution is 2.20. The molecule has 19 heavy (non-hydrogen) atoms. The third kappa shape index (κ3) is 3.17.